The number of hydrogen-bond acceptors (Lipinski definition) is 1. The highest BCUT2D eigenvalue weighted by atomic mass is 19.1. The molecule has 2 amide bonds. The lowest BCUT2D eigenvalue weighted by atomic mass is 9.82. The number of halogens is 3. The Balaban J connectivity index is 0.00000225. The number of carbonyl (C=O) groups excluding carboxylic acids is 1. The lowest BCUT2D eigenvalue weighted by Crippen LogP contribution is -2.42. The Morgan fingerprint density at radius 1 is 1.04 bits per heavy atom. The van der Waals surface area contributed by atoms with E-state index in [-0.39, 0.29) is 31.3 Å². The molecule has 4 N–H and O–H groups in total. The third kappa shape index (κ3) is 3.19. The second-order valence-corrected chi connectivity index (χ2v) is 7.03. The Kier molecular flexibility index (Phi) is 4.82. The minimum atomic E-state index is -0.749. The average molecular weight is 390 g/mol. The van der Waals surface area contributed by atoms with E-state index < -0.39 is 23.1 Å². The number of nitrogens with zero attached hydrogens (tertiary/aromatic N) is 2. The molecule has 1 fully saturated rings. The number of hydrogen-bond donors (Lipinski definition) is 2. The Hall–Kier alpha value is -3.03. The molecular weight excluding hydrogens is 369 g/mol. The molecule has 0 bridgehead atoms. The van der Waals surface area contributed by atoms with Crippen LogP contribution in [0.5, 0.6) is 0 Å². The fraction of sp³-hybridized carbons (Fsp3) is 0.300. The number of carbonyl (C=O) groups is 1. The molecule has 8 heteroatoms. The summed E-state index contributed by atoms with van der Waals surface area (Å²) in [6.07, 6.45) is 1.41. The molecule has 1 saturated carbocycles. The molecule has 2 aromatic rings. The summed E-state index contributed by atoms with van der Waals surface area (Å²) in [6.45, 7) is 0.332. The summed E-state index contributed by atoms with van der Waals surface area (Å²) in [7, 11) is 0. The van der Waals surface area contributed by atoms with Gasteiger partial charge >= 0.3 is 6.03 Å². The van der Waals surface area contributed by atoms with E-state index in [1.54, 1.807) is 0 Å². The van der Waals surface area contributed by atoms with E-state index in [0.717, 1.165) is 12.1 Å². The van der Waals surface area contributed by atoms with Crippen molar-refractivity contribution < 1.29 is 18.0 Å². The zero-order chi connectivity index (χ0) is 19.3. The number of fused-ring (bicyclic) bond motifs is 2. The van der Waals surface area contributed by atoms with Crippen LogP contribution in [0.1, 0.15) is 31.4 Å². The van der Waals surface area contributed by atoms with Gasteiger partial charge in [-0.1, -0.05) is 13.5 Å². The van der Waals surface area contributed by atoms with Gasteiger partial charge in [0.1, 0.15) is 17.5 Å². The molecule has 1 heterocycles. The van der Waals surface area contributed by atoms with Crippen LogP contribution in [0.4, 0.5) is 18.0 Å². The van der Waals surface area contributed by atoms with Gasteiger partial charge in [-0.05, 0) is 42.2 Å². The summed E-state index contributed by atoms with van der Waals surface area (Å²) >= 11 is 0. The molecule has 2 aromatic carbocycles. The van der Waals surface area contributed by atoms with Crippen molar-refractivity contribution in [1.29, 1.82) is 0 Å². The first kappa shape index (κ1) is 19.7. The highest BCUT2D eigenvalue weighted by Gasteiger charge is 2.52. The minimum Gasteiger partial charge on any atom is -0.370 e. The second-order valence-electron chi connectivity index (χ2n) is 7.03. The monoisotopic (exact) mass is 390 g/mol. The van der Waals surface area contributed by atoms with Crippen LogP contribution in [0.15, 0.2) is 35.3 Å². The fourth-order valence-corrected chi connectivity index (χ4v) is 3.88. The number of nitrogens with two attached hydrogens (primary N) is 2. The van der Waals surface area contributed by atoms with Crippen molar-refractivity contribution in [2.45, 2.75) is 32.2 Å². The van der Waals surface area contributed by atoms with Gasteiger partial charge in [-0.2, -0.15) is 4.99 Å². The molecule has 2 aliphatic rings. The molecule has 4 rings (SSSR count). The largest absolute Gasteiger partial charge is 0.370 e. The number of guanidine groups is 1. The third-order valence-corrected chi connectivity index (χ3v) is 5.21. The lowest BCUT2D eigenvalue weighted by molar-refractivity contribution is 0.192. The van der Waals surface area contributed by atoms with Crippen LogP contribution in [-0.2, 0) is 12.0 Å². The highest BCUT2D eigenvalue weighted by molar-refractivity contribution is 5.91. The normalized spacial score (nSPS) is 16.2. The summed E-state index contributed by atoms with van der Waals surface area (Å²) in [6, 6.07) is 5.37. The van der Waals surface area contributed by atoms with E-state index >= 15 is 0 Å². The zero-order valence-corrected chi connectivity index (χ0v) is 14.3. The molecule has 5 nitrogen and oxygen atoms in total. The number of aliphatic imine (C=N–C) groups is 1. The molecule has 0 radical (unpaired) electrons. The maximum atomic E-state index is 14.7. The molecule has 0 unspecified atom stereocenters. The first-order chi connectivity index (χ1) is 12.8. The molecule has 1 aliphatic carbocycles. The summed E-state index contributed by atoms with van der Waals surface area (Å²) < 4.78 is 42.4. The smallest absolute Gasteiger partial charge is 0.347 e. The molecule has 0 aromatic heterocycles. The lowest BCUT2D eigenvalue weighted by Gasteiger charge is -2.35. The summed E-state index contributed by atoms with van der Waals surface area (Å²) in [5, 5.41) is 0. The van der Waals surface area contributed by atoms with E-state index in [2.05, 4.69) is 4.99 Å². The Labute approximate surface area is 160 Å². The quantitative estimate of drug-likeness (QED) is 0.576. The van der Waals surface area contributed by atoms with Gasteiger partial charge in [0, 0.05) is 35.7 Å². The highest BCUT2D eigenvalue weighted by Crippen LogP contribution is 2.54. The van der Waals surface area contributed by atoms with Crippen LogP contribution in [-0.4, -0.2) is 23.4 Å². The SMILES string of the molecule is C.NC(N)=NC(=O)N1Cc2c(-c3ccc(F)cc3F)ccc(F)c2C2(CC2)C1. The van der Waals surface area contributed by atoms with Crippen molar-refractivity contribution in [3.8, 4) is 11.1 Å². The Bertz CT molecular complexity index is 982. The molecule has 28 heavy (non-hydrogen) atoms. The standard InChI is InChI=1S/C19H17F3N4O.CH4/c20-10-1-2-12(15(22)7-10)11-3-4-14(21)16-13(11)8-26(9-19(16)5-6-19)18(27)25-17(23)24;/h1-4,7H,5-6,8-9H2,(H4,23,24,25,27);1H4. The predicted molar refractivity (Wildman–Crippen MR) is 101 cm³/mol. The van der Waals surface area contributed by atoms with Crippen molar-refractivity contribution in [1.82, 2.24) is 4.90 Å². The van der Waals surface area contributed by atoms with E-state index in [9.17, 15) is 18.0 Å². The topological polar surface area (TPSA) is 84.7 Å². The van der Waals surface area contributed by atoms with Gasteiger partial charge in [-0.3, -0.25) is 0 Å². The first-order valence-corrected chi connectivity index (χ1v) is 8.46. The Morgan fingerprint density at radius 3 is 2.32 bits per heavy atom. The van der Waals surface area contributed by atoms with Crippen LogP contribution in [0.3, 0.4) is 0 Å². The van der Waals surface area contributed by atoms with Crippen LogP contribution < -0.4 is 11.5 Å². The van der Waals surface area contributed by atoms with Crippen molar-refractivity contribution >= 4 is 12.0 Å². The molecule has 1 aliphatic heterocycles. The summed E-state index contributed by atoms with van der Waals surface area (Å²) in [5.74, 6) is -2.20. The average Bonchev–Trinajstić information content (AvgIpc) is 3.34. The summed E-state index contributed by atoms with van der Waals surface area (Å²) in [4.78, 5) is 17.3. The van der Waals surface area contributed by atoms with Crippen LogP contribution >= 0.6 is 0 Å². The molecule has 0 atom stereocenters. The van der Waals surface area contributed by atoms with Gasteiger partial charge < -0.3 is 16.4 Å². The van der Waals surface area contributed by atoms with E-state index in [1.807, 2.05) is 0 Å². The Morgan fingerprint density at radius 2 is 1.71 bits per heavy atom. The number of benzene rings is 2. The number of rotatable bonds is 1. The zero-order valence-electron chi connectivity index (χ0n) is 14.3. The van der Waals surface area contributed by atoms with Gasteiger partial charge in [-0.15, -0.1) is 0 Å². The molecule has 148 valence electrons. The molecule has 1 spiro atoms. The van der Waals surface area contributed by atoms with E-state index in [1.165, 1.54) is 23.1 Å². The van der Waals surface area contributed by atoms with Gasteiger partial charge in [0.15, 0.2) is 5.96 Å². The van der Waals surface area contributed by atoms with E-state index in [0.29, 0.717) is 36.1 Å². The van der Waals surface area contributed by atoms with Crippen LogP contribution in [0.2, 0.25) is 0 Å². The van der Waals surface area contributed by atoms with Crippen molar-refractivity contribution in [3.63, 3.8) is 0 Å². The van der Waals surface area contributed by atoms with Gasteiger partial charge in [0.25, 0.3) is 0 Å². The molecule has 0 saturated heterocycles. The fourth-order valence-electron chi connectivity index (χ4n) is 3.88. The van der Waals surface area contributed by atoms with Gasteiger partial charge in [-0.25, -0.2) is 18.0 Å². The van der Waals surface area contributed by atoms with Crippen LogP contribution in [0.25, 0.3) is 11.1 Å². The second kappa shape index (κ2) is 6.85. The van der Waals surface area contributed by atoms with Crippen molar-refractivity contribution in [2.75, 3.05) is 6.54 Å². The molecular formula is C20H21F3N4O. The van der Waals surface area contributed by atoms with Gasteiger partial charge in [0.2, 0.25) is 0 Å². The maximum Gasteiger partial charge on any atom is 0.347 e. The predicted octanol–water partition coefficient (Wildman–Crippen LogP) is 3.65. The first-order valence-electron chi connectivity index (χ1n) is 8.46. The van der Waals surface area contributed by atoms with Crippen molar-refractivity contribution in [2.24, 2.45) is 16.5 Å². The maximum absolute atomic E-state index is 14.7. The van der Waals surface area contributed by atoms with E-state index in [4.69, 9.17) is 11.5 Å². The number of urea groups is 1. The summed E-state index contributed by atoms with van der Waals surface area (Å²) in [5.41, 5.74) is 11.7. The number of amides is 2. The van der Waals surface area contributed by atoms with Crippen LogP contribution in [0, 0.1) is 17.5 Å². The van der Waals surface area contributed by atoms with Gasteiger partial charge in [0.05, 0.1) is 0 Å². The van der Waals surface area contributed by atoms with Crippen molar-refractivity contribution in [3.05, 3.63) is 58.9 Å². The third-order valence-electron chi connectivity index (χ3n) is 5.21. The minimum absolute atomic E-state index is 0.